The molecule has 0 heterocycles. The zero-order valence-electron chi connectivity index (χ0n) is 30.5. The van der Waals surface area contributed by atoms with Crippen LogP contribution >= 0.6 is 0 Å². The van der Waals surface area contributed by atoms with Gasteiger partial charge in [0.2, 0.25) is 0 Å². The number of aryl methyl sites for hydroxylation is 1. The van der Waals surface area contributed by atoms with Gasteiger partial charge in [0.15, 0.2) is 0 Å². The van der Waals surface area contributed by atoms with E-state index in [9.17, 15) is 9.90 Å². The van der Waals surface area contributed by atoms with E-state index < -0.39 is 6.16 Å². The first kappa shape index (κ1) is 35.5. The minimum Gasteiger partial charge on any atom is -0.449 e. The van der Waals surface area contributed by atoms with Crippen LogP contribution in [0.3, 0.4) is 0 Å². The van der Waals surface area contributed by atoms with Crippen LogP contribution in [0.2, 0.25) is 0 Å². The molecule has 258 valence electrons. The third-order valence-corrected chi connectivity index (χ3v) is 14.1. The molecular formula is C43H68O3. The number of ether oxygens (including phenoxy) is 1. The minimum absolute atomic E-state index is 0.297. The van der Waals surface area contributed by atoms with Crippen LogP contribution in [0.5, 0.6) is 5.75 Å². The summed E-state index contributed by atoms with van der Waals surface area (Å²) in [5, 5.41) is 9.56. The van der Waals surface area contributed by atoms with E-state index in [1.54, 1.807) is 5.57 Å². The Balaban J connectivity index is 1.26. The van der Waals surface area contributed by atoms with Gasteiger partial charge < -0.3 is 9.84 Å². The molecule has 1 aromatic carbocycles. The molecule has 0 spiro atoms. The van der Waals surface area contributed by atoms with Crippen LogP contribution in [-0.4, -0.2) is 11.3 Å². The molecule has 8 unspecified atom stereocenters. The first-order valence-electron chi connectivity index (χ1n) is 19.8. The van der Waals surface area contributed by atoms with E-state index in [-0.39, 0.29) is 0 Å². The maximum absolute atomic E-state index is 11.7. The molecule has 8 atom stereocenters. The average Bonchev–Trinajstić information content (AvgIpc) is 3.38. The predicted octanol–water partition coefficient (Wildman–Crippen LogP) is 13.2. The molecule has 5 rings (SSSR count). The Morgan fingerprint density at radius 2 is 1.67 bits per heavy atom. The monoisotopic (exact) mass is 633 g/mol. The van der Waals surface area contributed by atoms with Crippen LogP contribution in [-0.2, 0) is 6.42 Å². The summed E-state index contributed by atoms with van der Waals surface area (Å²) in [6, 6.07) is 6.36. The molecule has 1 aromatic rings. The number of carbonyl (C=O) groups is 1. The minimum atomic E-state index is -1.20. The van der Waals surface area contributed by atoms with E-state index in [0.717, 1.165) is 60.3 Å². The van der Waals surface area contributed by atoms with Crippen molar-refractivity contribution in [2.75, 3.05) is 0 Å². The lowest BCUT2D eigenvalue weighted by Gasteiger charge is -2.58. The molecule has 1 N–H and O–H groups in total. The Kier molecular flexibility index (Phi) is 12.1. The highest BCUT2D eigenvalue weighted by Crippen LogP contribution is 2.68. The highest BCUT2D eigenvalue weighted by molar-refractivity contribution is 5.62. The smallest absolute Gasteiger partial charge is 0.449 e. The third-order valence-electron chi connectivity index (χ3n) is 14.1. The molecule has 3 heteroatoms. The van der Waals surface area contributed by atoms with Gasteiger partial charge in [-0.25, -0.2) is 4.79 Å². The molecule has 3 nitrogen and oxygen atoms in total. The molecule has 0 bridgehead atoms. The molecule has 0 aromatic heterocycles. The number of hydrogen-bond acceptors (Lipinski definition) is 2. The van der Waals surface area contributed by atoms with Gasteiger partial charge in [-0.2, -0.15) is 0 Å². The normalized spacial score (nSPS) is 32.8. The first-order chi connectivity index (χ1) is 22.1. The molecule has 4 aliphatic carbocycles. The van der Waals surface area contributed by atoms with Gasteiger partial charge in [-0.05, 0) is 134 Å². The second-order valence-corrected chi connectivity index (χ2v) is 17.3. The van der Waals surface area contributed by atoms with Gasteiger partial charge in [-0.1, -0.05) is 123 Å². The van der Waals surface area contributed by atoms with Crippen molar-refractivity contribution in [3.05, 3.63) is 41.0 Å². The fourth-order valence-corrected chi connectivity index (χ4v) is 11.5. The Morgan fingerprint density at radius 3 is 2.41 bits per heavy atom. The molecule has 0 radical (unpaired) electrons. The summed E-state index contributed by atoms with van der Waals surface area (Å²) in [4.78, 5) is 11.7. The lowest BCUT2D eigenvalue weighted by molar-refractivity contribution is -0.0510. The van der Waals surface area contributed by atoms with Crippen molar-refractivity contribution in [2.24, 2.45) is 46.3 Å². The Hall–Kier alpha value is -1.77. The molecule has 0 saturated heterocycles. The van der Waals surface area contributed by atoms with Crippen molar-refractivity contribution in [1.82, 2.24) is 0 Å². The van der Waals surface area contributed by atoms with Crippen molar-refractivity contribution in [2.45, 2.75) is 169 Å². The average molecular weight is 633 g/mol. The van der Waals surface area contributed by atoms with E-state index >= 15 is 0 Å². The van der Waals surface area contributed by atoms with Crippen molar-refractivity contribution in [1.29, 1.82) is 0 Å². The molecule has 46 heavy (non-hydrogen) atoms. The molecule has 0 aliphatic heterocycles. The van der Waals surface area contributed by atoms with Crippen molar-refractivity contribution in [3.8, 4) is 5.75 Å². The number of allylic oxidation sites excluding steroid dienone is 2. The van der Waals surface area contributed by atoms with Gasteiger partial charge in [0, 0.05) is 0 Å². The second-order valence-electron chi connectivity index (χ2n) is 17.3. The summed E-state index contributed by atoms with van der Waals surface area (Å²) in [6.07, 6.45) is 26.3. The molecule has 4 aliphatic rings. The van der Waals surface area contributed by atoms with Gasteiger partial charge in [0.25, 0.3) is 0 Å². The quantitative estimate of drug-likeness (QED) is 0.0905. The maximum Gasteiger partial charge on any atom is 0.511 e. The summed E-state index contributed by atoms with van der Waals surface area (Å²) in [5.41, 5.74) is 4.97. The van der Waals surface area contributed by atoms with E-state index in [1.165, 1.54) is 108 Å². The van der Waals surface area contributed by atoms with E-state index in [0.29, 0.717) is 22.5 Å². The standard InChI is InChI=1S/C43H68O3/c1-7-8-9-10-11-12-13-17-32-18-23-40(46-41(44)45)36(28-32)33-24-26-42(5)34(29-33)19-20-35-38-22-21-37(31(4)16-14-15-30(2)3)43(38,6)27-25-39(35)42/h18-19,23,28,30-31,33,35,37-39H,7-17,20-22,24-27,29H2,1-6H3,(H,44,45). The Morgan fingerprint density at radius 1 is 0.913 bits per heavy atom. The lowest BCUT2D eigenvalue weighted by atomic mass is 9.46. The molecule has 0 amide bonds. The van der Waals surface area contributed by atoms with Crippen LogP contribution in [0, 0.1) is 46.3 Å². The van der Waals surface area contributed by atoms with E-state index in [2.05, 4.69) is 59.8 Å². The third kappa shape index (κ3) is 7.75. The fourth-order valence-electron chi connectivity index (χ4n) is 11.5. The topological polar surface area (TPSA) is 46.5 Å². The molecular weight excluding hydrogens is 564 g/mol. The number of fused-ring (bicyclic) bond motifs is 5. The molecule has 3 saturated carbocycles. The van der Waals surface area contributed by atoms with Crippen LogP contribution in [0.1, 0.15) is 174 Å². The zero-order valence-corrected chi connectivity index (χ0v) is 30.5. The zero-order chi connectivity index (χ0) is 32.9. The van der Waals surface area contributed by atoms with Gasteiger partial charge in [-0.15, -0.1) is 0 Å². The van der Waals surface area contributed by atoms with Gasteiger partial charge in [0.05, 0.1) is 0 Å². The number of rotatable bonds is 15. The highest BCUT2D eigenvalue weighted by atomic mass is 16.7. The van der Waals surface area contributed by atoms with Gasteiger partial charge >= 0.3 is 6.16 Å². The van der Waals surface area contributed by atoms with Crippen molar-refractivity contribution >= 4 is 6.16 Å². The molecule has 3 fully saturated rings. The predicted molar refractivity (Wildman–Crippen MR) is 193 cm³/mol. The van der Waals surface area contributed by atoms with Crippen molar-refractivity contribution < 1.29 is 14.6 Å². The number of benzene rings is 1. The van der Waals surface area contributed by atoms with Crippen molar-refractivity contribution in [3.63, 3.8) is 0 Å². The highest BCUT2D eigenvalue weighted by Gasteiger charge is 2.59. The van der Waals surface area contributed by atoms with Gasteiger partial charge in [0.1, 0.15) is 5.75 Å². The van der Waals surface area contributed by atoms with Crippen LogP contribution < -0.4 is 4.74 Å². The van der Waals surface area contributed by atoms with E-state index in [1.807, 2.05) is 6.07 Å². The van der Waals surface area contributed by atoms with E-state index in [4.69, 9.17) is 4.74 Å². The van der Waals surface area contributed by atoms with Crippen LogP contribution in [0.25, 0.3) is 0 Å². The second kappa shape index (κ2) is 15.6. The Bertz CT molecular complexity index is 1180. The van der Waals surface area contributed by atoms with Crippen LogP contribution in [0.15, 0.2) is 29.8 Å². The SMILES string of the molecule is CCCCCCCCCc1ccc(OC(=O)O)c(C2CCC3(C)C(=CCC4C3CCC3(C)C(C(C)CCCC(C)C)CCC43)C2)c1. The summed E-state index contributed by atoms with van der Waals surface area (Å²) in [6.45, 7) is 14.9. The number of unbranched alkanes of at least 4 members (excludes halogenated alkanes) is 6. The van der Waals surface area contributed by atoms with Gasteiger partial charge in [-0.3, -0.25) is 0 Å². The summed E-state index contributed by atoms with van der Waals surface area (Å²) < 4.78 is 5.40. The summed E-state index contributed by atoms with van der Waals surface area (Å²) in [5.74, 6) is 6.02. The largest absolute Gasteiger partial charge is 0.511 e. The summed E-state index contributed by atoms with van der Waals surface area (Å²) >= 11 is 0. The fraction of sp³-hybridized carbons (Fsp3) is 0.791. The van der Waals surface area contributed by atoms with Crippen LogP contribution in [0.4, 0.5) is 4.79 Å². The lowest BCUT2D eigenvalue weighted by Crippen LogP contribution is -2.50. The first-order valence-corrected chi connectivity index (χ1v) is 19.8. The maximum atomic E-state index is 11.7. The Labute approximate surface area is 282 Å². The number of hydrogen-bond donors (Lipinski definition) is 1. The summed E-state index contributed by atoms with van der Waals surface area (Å²) in [7, 11) is 0. The number of carboxylic acid groups (broad SMARTS) is 1.